The summed E-state index contributed by atoms with van der Waals surface area (Å²) in [6, 6.07) is 4.01. The number of benzene rings is 1. The summed E-state index contributed by atoms with van der Waals surface area (Å²) < 4.78 is 10.8. The van der Waals surface area contributed by atoms with Gasteiger partial charge in [-0.2, -0.15) is 0 Å². The second kappa shape index (κ2) is 7.56. The zero-order valence-electron chi connectivity index (χ0n) is 16.2. The first-order valence-electron chi connectivity index (χ1n) is 8.86. The standard InChI is InChI=1S/C21H23NO4S/c1-6-25-21(24)18-13(4)14(5)27-20(18)22-17(23)9-15-10-26-19-12(3)11(2)7-8-16(15)19/h7-8,10H,6,9H2,1-5H3,(H,22,23). The van der Waals surface area contributed by atoms with Gasteiger partial charge in [-0.25, -0.2) is 4.79 Å². The van der Waals surface area contributed by atoms with E-state index in [9.17, 15) is 9.59 Å². The smallest absolute Gasteiger partial charge is 0.341 e. The lowest BCUT2D eigenvalue weighted by Crippen LogP contribution is -2.16. The largest absolute Gasteiger partial charge is 0.464 e. The summed E-state index contributed by atoms with van der Waals surface area (Å²) >= 11 is 1.39. The third-order valence-corrected chi connectivity index (χ3v) is 5.93. The number of thiophene rings is 1. The average Bonchev–Trinajstić information content (AvgIpc) is 3.13. The van der Waals surface area contributed by atoms with Gasteiger partial charge in [0.1, 0.15) is 10.6 Å². The molecular weight excluding hydrogens is 362 g/mol. The highest BCUT2D eigenvalue weighted by atomic mass is 32.1. The van der Waals surface area contributed by atoms with Crippen LogP contribution in [0.2, 0.25) is 0 Å². The lowest BCUT2D eigenvalue weighted by molar-refractivity contribution is -0.115. The van der Waals surface area contributed by atoms with Crippen LogP contribution < -0.4 is 5.32 Å². The van der Waals surface area contributed by atoms with Gasteiger partial charge >= 0.3 is 5.97 Å². The number of fused-ring (bicyclic) bond motifs is 1. The van der Waals surface area contributed by atoms with Gasteiger partial charge in [-0.05, 0) is 51.3 Å². The summed E-state index contributed by atoms with van der Waals surface area (Å²) in [4.78, 5) is 25.9. The number of carbonyl (C=O) groups excluding carboxylic acids is 2. The Hall–Kier alpha value is -2.60. The van der Waals surface area contributed by atoms with Crippen molar-refractivity contribution >= 4 is 39.2 Å². The Morgan fingerprint density at radius 1 is 1.15 bits per heavy atom. The van der Waals surface area contributed by atoms with Crippen molar-refractivity contribution in [1.29, 1.82) is 0 Å². The number of esters is 1. The van der Waals surface area contributed by atoms with Crippen LogP contribution >= 0.6 is 11.3 Å². The van der Waals surface area contributed by atoms with Gasteiger partial charge in [0.2, 0.25) is 5.91 Å². The molecule has 3 aromatic rings. The van der Waals surface area contributed by atoms with E-state index in [-0.39, 0.29) is 12.3 Å². The van der Waals surface area contributed by atoms with E-state index in [1.807, 2.05) is 39.8 Å². The molecule has 1 aromatic carbocycles. The highest BCUT2D eigenvalue weighted by Gasteiger charge is 2.22. The Labute approximate surface area is 162 Å². The van der Waals surface area contributed by atoms with Crippen molar-refractivity contribution in [1.82, 2.24) is 0 Å². The molecule has 0 fully saturated rings. The van der Waals surface area contributed by atoms with Crippen molar-refractivity contribution in [2.75, 3.05) is 11.9 Å². The molecule has 6 heteroatoms. The molecule has 0 saturated carbocycles. The molecule has 27 heavy (non-hydrogen) atoms. The fourth-order valence-electron chi connectivity index (χ4n) is 3.03. The molecule has 5 nitrogen and oxygen atoms in total. The number of amides is 1. The summed E-state index contributed by atoms with van der Waals surface area (Å²) in [6.07, 6.45) is 1.81. The Morgan fingerprint density at radius 3 is 2.59 bits per heavy atom. The third-order valence-electron chi connectivity index (χ3n) is 4.81. The van der Waals surface area contributed by atoms with E-state index in [4.69, 9.17) is 9.15 Å². The Morgan fingerprint density at radius 2 is 1.89 bits per heavy atom. The van der Waals surface area contributed by atoms with E-state index in [0.717, 1.165) is 38.1 Å². The molecule has 2 heterocycles. The summed E-state index contributed by atoms with van der Waals surface area (Å²) in [5.41, 5.74) is 5.15. The van der Waals surface area contributed by atoms with Gasteiger partial charge in [-0.3, -0.25) is 4.79 Å². The maximum atomic E-state index is 12.6. The molecule has 0 aliphatic carbocycles. The van der Waals surface area contributed by atoms with E-state index >= 15 is 0 Å². The molecular formula is C21H23NO4S. The Kier molecular flexibility index (Phi) is 5.37. The third kappa shape index (κ3) is 3.62. The quantitative estimate of drug-likeness (QED) is 0.622. The van der Waals surface area contributed by atoms with E-state index in [2.05, 4.69) is 5.32 Å². The molecule has 1 N–H and O–H groups in total. The second-order valence-corrected chi connectivity index (χ2v) is 7.80. The summed E-state index contributed by atoms with van der Waals surface area (Å²) in [6.45, 7) is 9.88. The molecule has 3 rings (SSSR count). The van der Waals surface area contributed by atoms with Crippen LogP contribution in [0.4, 0.5) is 5.00 Å². The van der Waals surface area contributed by atoms with Crippen molar-refractivity contribution in [3.05, 3.63) is 51.1 Å². The normalized spacial score (nSPS) is 11.0. The number of rotatable bonds is 5. The van der Waals surface area contributed by atoms with Crippen LogP contribution in [0.5, 0.6) is 0 Å². The number of ether oxygens (including phenoxy) is 1. The van der Waals surface area contributed by atoms with Crippen LogP contribution in [0, 0.1) is 27.7 Å². The summed E-state index contributed by atoms with van der Waals surface area (Å²) in [5.74, 6) is -0.600. The van der Waals surface area contributed by atoms with Gasteiger partial charge in [0, 0.05) is 15.8 Å². The van der Waals surface area contributed by atoms with E-state index < -0.39 is 5.97 Å². The van der Waals surface area contributed by atoms with E-state index in [1.165, 1.54) is 11.3 Å². The molecule has 142 valence electrons. The van der Waals surface area contributed by atoms with E-state index in [1.54, 1.807) is 13.2 Å². The lowest BCUT2D eigenvalue weighted by Gasteiger charge is -2.07. The molecule has 0 aliphatic heterocycles. The predicted molar refractivity (Wildman–Crippen MR) is 108 cm³/mol. The molecule has 0 bridgehead atoms. The first-order chi connectivity index (χ1) is 12.8. The van der Waals surface area contributed by atoms with Crippen LogP contribution in [0.25, 0.3) is 11.0 Å². The van der Waals surface area contributed by atoms with E-state index in [0.29, 0.717) is 17.2 Å². The number of hydrogen-bond donors (Lipinski definition) is 1. The predicted octanol–water partition coefficient (Wildman–Crippen LogP) is 5.09. The summed E-state index contributed by atoms with van der Waals surface area (Å²) in [5, 5.41) is 4.36. The molecule has 0 aliphatic rings. The van der Waals surface area contributed by atoms with Crippen LogP contribution in [-0.4, -0.2) is 18.5 Å². The lowest BCUT2D eigenvalue weighted by atomic mass is 10.0. The number of nitrogens with one attached hydrogen (secondary N) is 1. The minimum atomic E-state index is -0.408. The van der Waals surface area contributed by atoms with Crippen molar-refractivity contribution in [3.8, 4) is 0 Å². The van der Waals surface area contributed by atoms with Gasteiger partial charge in [-0.15, -0.1) is 11.3 Å². The van der Waals surface area contributed by atoms with Crippen LogP contribution in [0.3, 0.4) is 0 Å². The van der Waals surface area contributed by atoms with Crippen molar-refractivity contribution in [2.24, 2.45) is 0 Å². The highest BCUT2D eigenvalue weighted by Crippen LogP contribution is 2.33. The van der Waals surface area contributed by atoms with Crippen molar-refractivity contribution < 1.29 is 18.7 Å². The minimum absolute atomic E-state index is 0.174. The number of aryl methyl sites for hydroxylation is 3. The molecule has 0 atom stereocenters. The Bertz CT molecular complexity index is 1030. The van der Waals surface area contributed by atoms with Crippen LogP contribution in [0.1, 0.15) is 44.4 Å². The average molecular weight is 385 g/mol. The maximum absolute atomic E-state index is 12.6. The van der Waals surface area contributed by atoms with Crippen LogP contribution in [-0.2, 0) is 16.0 Å². The van der Waals surface area contributed by atoms with Gasteiger partial charge in [0.25, 0.3) is 0 Å². The molecule has 0 saturated heterocycles. The van der Waals surface area contributed by atoms with Crippen molar-refractivity contribution in [2.45, 2.75) is 41.0 Å². The molecule has 0 unspecified atom stereocenters. The number of furan rings is 1. The van der Waals surface area contributed by atoms with Gasteiger partial charge in [0.05, 0.1) is 24.9 Å². The van der Waals surface area contributed by atoms with Gasteiger partial charge in [0.15, 0.2) is 0 Å². The molecule has 2 aromatic heterocycles. The second-order valence-electron chi connectivity index (χ2n) is 6.58. The Balaban J connectivity index is 1.84. The summed E-state index contributed by atoms with van der Waals surface area (Å²) in [7, 11) is 0. The first kappa shape index (κ1) is 19.2. The molecule has 1 amide bonds. The van der Waals surface area contributed by atoms with Gasteiger partial charge in [-0.1, -0.05) is 12.1 Å². The van der Waals surface area contributed by atoms with Gasteiger partial charge < -0.3 is 14.5 Å². The van der Waals surface area contributed by atoms with Crippen LogP contribution in [0.15, 0.2) is 22.8 Å². The maximum Gasteiger partial charge on any atom is 0.341 e. The SMILES string of the molecule is CCOC(=O)c1c(NC(=O)Cc2coc3c(C)c(C)ccc23)sc(C)c1C. The number of hydrogen-bond acceptors (Lipinski definition) is 5. The molecule has 0 radical (unpaired) electrons. The number of anilines is 1. The number of carbonyl (C=O) groups is 2. The first-order valence-corrected chi connectivity index (χ1v) is 9.68. The minimum Gasteiger partial charge on any atom is -0.464 e. The zero-order valence-corrected chi connectivity index (χ0v) is 17.0. The monoisotopic (exact) mass is 385 g/mol. The molecule has 0 spiro atoms. The highest BCUT2D eigenvalue weighted by molar-refractivity contribution is 7.16. The fraction of sp³-hybridized carbons (Fsp3) is 0.333. The fourth-order valence-corrected chi connectivity index (χ4v) is 4.10. The topological polar surface area (TPSA) is 68.5 Å². The zero-order chi connectivity index (χ0) is 19.7. The van der Waals surface area contributed by atoms with Crippen molar-refractivity contribution in [3.63, 3.8) is 0 Å².